The lowest BCUT2D eigenvalue weighted by Gasteiger charge is -2.18. The number of halogens is 1. The minimum absolute atomic E-state index is 0.0237. The van der Waals surface area contributed by atoms with E-state index in [-0.39, 0.29) is 5.91 Å². The Balaban J connectivity index is 1.79. The quantitative estimate of drug-likeness (QED) is 0.389. The molecule has 0 aliphatic carbocycles. The van der Waals surface area contributed by atoms with Crippen LogP contribution in [0.3, 0.4) is 0 Å². The molecule has 1 N–H and O–H groups in total. The average molecular weight is 411 g/mol. The Morgan fingerprint density at radius 3 is 2.81 bits per heavy atom. The first-order valence-electron chi connectivity index (χ1n) is 9.56. The topological polar surface area (TPSA) is 75.9 Å². The molecule has 2 aromatic heterocycles. The van der Waals surface area contributed by atoms with E-state index in [1.807, 2.05) is 10.9 Å². The molecule has 1 fully saturated rings. The third kappa shape index (κ3) is 5.25. The van der Waals surface area contributed by atoms with E-state index in [0.29, 0.717) is 37.1 Å². The van der Waals surface area contributed by atoms with Crippen molar-refractivity contribution < 1.29 is 4.79 Å². The number of aromatic nitrogens is 4. The van der Waals surface area contributed by atoms with Gasteiger partial charge in [0.15, 0.2) is 10.8 Å². The first kappa shape index (κ1) is 20.2. The highest BCUT2D eigenvalue weighted by atomic mass is 35.5. The maximum atomic E-state index is 11.8. The zero-order chi connectivity index (χ0) is 19.2. The summed E-state index contributed by atoms with van der Waals surface area (Å²) in [6.45, 7) is 7.44. The van der Waals surface area contributed by atoms with E-state index < -0.39 is 0 Å². The molecule has 0 aromatic carbocycles. The molecule has 0 saturated carbocycles. The first-order valence-corrected chi connectivity index (χ1v) is 11.0. The third-order valence-electron chi connectivity index (χ3n) is 4.39. The van der Waals surface area contributed by atoms with Crippen LogP contribution in [0.2, 0.25) is 0 Å². The number of rotatable bonds is 9. The number of anilines is 1. The summed E-state index contributed by atoms with van der Waals surface area (Å²) in [6.07, 6.45) is 5.39. The summed E-state index contributed by atoms with van der Waals surface area (Å²) in [5.74, 6) is 1.51. The number of hydrogen-bond donors (Lipinski definition) is 1. The van der Waals surface area contributed by atoms with Gasteiger partial charge in [-0.05, 0) is 19.3 Å². The van der Waals surface area contributed by atoms with Crippen LogP contribution in [0.5, 0.6) is 0 Å². The average Bonchev–Trinajstić information content (AvgIpc) is 3.29. The molecule has 27 heavy (non-hydrogen) atoms. The molecule has 2 aromatic rings. The fourth-order valence-corrected chi connectivity index (χ4v) is 3.97. The Labute approximate surface area is 169 Å². The van der Waals surface area contributed by atoms with Gasteiger partial charge >= 0.3 is 0 Å². The molecule has 148 valence electrons. The second-order valence-corrected chi connectivity index (χ2v) is 8.86. The number of alkyl halides is 1. The van der Waals surface area contributed by atoms with Gasteiger partial charge < -0.3 is 10.2 Å². The number of carbonyl (C=O) groups is 1. The molecule has 3 rings (SSSR count). The van der Waals surface area contributed by atoms with E-state index in [1.165, 1.54) is 12.8 Å². The zero-order valence-electron chi connectivity index (χ0n) is 15.9. The van der Waals surface area contributed by atoms with Gasteiger partial charge in [-0.3, -0.25) is 4.79 Å². The lowest BCUT2D eigenvalue weighted by atomic mass is 10.3. The molecule has 0 atom stereocenters. The zero-order valence-corrected chi connectivity index (χ0v) is 17.5. The fraction of sp³-hybridized carbons (Fsp3) is 0.667. The Hall–Kier alpha value is -1.54. The summed E-state index contributed by atoms with van der Waals surface area (Å²) >= 11 is 7.30. The smallest absolute Gasteiger partial charge is 0.220 e. The van der Waals surface area contributed by atoms with Crippen LogP contribution in [0.25, 0.3) is 11.0 Å². The van der Waals surface area contributed by atoms with Gasteiger partial charge in [-0.1, -0.05) is 25.6 Å². The van der Waals surface area contributed by atoms with Gasteiger partial charge in [0.2, 0.25) is 5.91 Å². The predicted molar refractivity (Wildman–Crippen MR) is 111 cm³/mol. The van der Waals surface area contributed by atoms with Crippen LogP contribution in [-0.2, 0) is 11.3 Å². The molecule has 1 aliphatic heterocycles. The van der Waals surface area contributed by atoms with E-state index in [2.05, 4.69) is 29.2 Å². The summed E-state index contributed by atoms with van der Waals surface area (Å²) in [5, 5.41) is 9.61. The van der Waals surface area contributed by atoms with Crippen molar-refractivity contribution in [2.45, 2.75) is 56.5 Å². The second kappa shape index (κ2) is 9.59. The standard InChI is InChI=1S/C18H27ClN6OS/c1-13(2)27-18-22-16(24-9-3-4-10-24)14-12-21-25(17(14)23-18)11-8-20-15(26)6-5-7-19/h12-13H,3-11H2,1-2H3,(H,20,26). The lowest BCUT2D eigenvalue weighted by molar-refractivity contribution is -0.121. The Bertz CT molecular complexity index is 775. The molecule has 9 heteroatoms. The van der Waals surface area contributed by atoms with Crippen molar-refractivity contribution in [1.29, 1.82) is 0 Å². The largest absolute Gasteiger partial charge is 0.356 e. The maximum Gasteiger partial charge on any atom is 0.220 e. The van der Waals surface area contributed by atoms with E-state index in [4.69, 9.17) is 21.6 Å². The van der Waals surface area contributed by atoms with Crippen LogP contribution in [0, 0.1) is 0 Å². The van der Waals surface area contributed by atoms with Crippen molar-refractivity contribution in [3.05, 3.63) is 6.20 Å². The molecule has 0 bridgehead atoms. The molecule has 0 unspecified atom stereocenters. The summed E-state index contributed by atoms with van der Waals surface area (Å²) in [5.41, 5.74) is 0.838. The fourth-order valence-electron chi connectivity index (χ4n) is 3.14. The maximum absolute atomic E-state index is 11.8. The van der Waals surface area contributed by atoms with Crippen molar-refractivity contribution in [2.24, 2.45) is 0 Å². The third-order valence-corrected chi connectivity index (χ3v) is 5.52. The predicted octanol–water partition coefficient (Wildman–Crippen LogP) is 3.06. The highest BCUT2D eigenvalue weighted by Gasteiger charge is 2.21. The number of nitrogens with one attached hydrogen (secondary N) is 1. The van der Waals surface area contributed by atoms with Crippen molar-refractivity contribution in [3.63, 3.8) is 0 Å². The normalized spacial score (nSPS) is 14.4. The van der Waals surface area contributed by atoms with Gasteiger partial charge in [-0.15, -0.1) is 11.6 Å². The number of fused-ring (bicyclic) bond motifs is 1. The van der Waals surface area contributed by atoms with E-state index >= 15 is 0 Å². The Morgan fingerprint density at radius 2 is 2.11 bits per heavy atom. The molecule has 0 spiro atoms. The summed E-state index contributed by atoms with van der Waals surface area (Å²) in [7, 11) is 0. The molecule has 0 radical (unpaired) electrons. The molecule has 1 saturated heterocycles. The Morgan fingerprint density at radius 1 is 1.33 bits per heavy atom. The number of carbonyl (C=O) groups excluding carboxylic acids is 1. The number of nitrogens with zero attached hydrogens (tertiary/aromatic N) is 5. The van der Waals surface area contributed by atoms with E-state index in [1.54, 1.807) is 11.8 Å². The number of hydrogen-bond acceptors (Lipinski definition) is 6. The van der Waals surface area contributed by atoms with Crippen LogP contribution < -0.4 is 10.2 Å². The van der Waals surface area contributed by atoms with Crippen LogP contribution >= 0.6 is 23.4 Å². The molecule has 3 heterocycles. The van der Waals surface area contributed by atoms with Gasteiger partial charge in [0.05, 0.1) is 18.1 Å². The molecule has 1 amide bonds. The van der Waals surface area contributed by atoms with Crippen molar-refractivity contribution in [1.82, 2.24) is 25.1 Å². The minimum Gasteiger partial charge on any atom is -0.356 e. The van der Waals surface area contributed by atoms with Gasteiger partial charge in [0.25, 0.3) is 0 Å². The van der Waals surface area contributed by atoms with Crippen LogP contribution in [0.1, 0.15) is 39.5 Å². The van der Waals surface area contributed by atoms with Crippen molar-refractivity contribution >= 4 is 46.1 Å². The minimum atomic E-state index is 0.0237. The van der Waals surface area contributed by atoms with E-state index in [0.717, 1.165) is 35.1 Å². The van der Waals surface area contributed by atoms with E-state index in [9.17, 15) is 4.79 Å². The summed E-state index contributed by atoms with van der Waals surface area (Å²) in [4.78, 5) is 23.7. The first-order chi connectivity index (χ1) is 13.1. The number of amides is 1. The van der Waals surface area contributed by atoms with Crippen molar-refractivity contribution in [2.75, 3.05) is 30.4 Å². The van der Waals surface area contributed by atoms with Crippen molar-refractivity contribution in [3.8, 4) is 0 Å². The highest BCUT2D eigenvalue weighted by Crippen LogP contribution is 2.30. The van der Waals surface area contributed by atoms with Crippen LogP contribution in [0.4, 0.5) is 5.82 Å². The molecular weight excluding hydrogens is 384 g/mol. The van der Waals surface area contributed by atoms with Gasteiger partial charge in [-0.25, -0.2) is 14.6 Å². The van der Waals surface area contributed by atoms with Gasteiger partial charge in [0, 0.05) is 37.2 Å². The SMILES string of the molecule is CC(C)Sc1nc(N2CCCC2)c2cnn(CCNC(=O)CCCCl)c2n1. The molecule has 7 nitrogen and oxygen atoms in total. The van der Waals surface area contributed by atoms with Gasteiger partial charge in [0.1, 0.15) is 5.82 Å². The molecule has 1 aliphatic rings. The summed E-state index contributed by atoms with van der Waals surface area (Å²) in [6, 6.07) is 0. The second-order valence-electron chi connectivity index (χ2n) is 6.94. The highest BCUT2D eigenvalue weighted by molar-refractivity contribution is 7.99. The molecular formula is C18H27ClN6OS. The van der Waals surface area contributed by atoms with Gasteiger partial charge in [-0.2, -0.15) is 5.10 Å². The van der Waals surface area contributed by atoms with Crippen LogP contribution in [0.15, 0.2) is 11.4 Å². The Kier molecular flexibility index (Phi) is 7.18. The lowest BCUT2D eigenvalue weighted by Crippen LogP contribution is -2.27. The van der Waals surface area contributed by atoms with Crippen LogP contribution in [-0.4, -0.2) is 56.4 Å². The number of thioether (sulfide) groups is 1. The monoisotopic (exact) mass is 410 g/mol. The summed E-state index contributed by atoms with van der Waals surface area (Å²) < 4.78 is 1.86.